The molecule has 3 rings (SSSR count). The Bertz CT molecular complexity index is 832. The van der Waals surface area contributed by atoms with Crippen LogP contribution in [0.2, 0.25) is 0 Å². The molecule has 0 amide bonds. The van der Waals surface area contributed by atoms with E-state index in [2.05, 4.69) is 4.40 Å². The van der Waals surface area contributed by atoms with E-state index >= 15 is 0 Å². The maximum atomic E-state index is 11.6. The summed E-state index contributed by atoms with van der Waals surface area (Å²) < 4.78 is 38.0. The Morgan fingerprint density at radius 1 is 1.00 bits per heavy atom. The highest BCUT2D eigenvalue weighted by Crippen LogP contribution is 2.28. The molecule has 1 aliphatic rings. The monoisotopic (exact) mass is 332 g/mol. The Balaban J connectivity index is 1.68. The van der Waals surface area contributed by atoms with Gasteiger partial charge < -0.3 is 15.2 Å². The van der Waals surface area contributed by atoms with E-state index in [4.69, 9.17) is 15.2 Å². The van der Waals surface area contributed by atoms with Crippen LogP contribution in [-0.4, -0.2) is 27.5 Å². The zero-order valence-corrected chi connectivity index (χ0v) is 13.1. The summed E-state index contributed by atoms with van der Waals surface area (Å²) in [5.74, 6) is 1.07. The summed E-state index contributed by atoms with van der Waals surface area (Å²) in [6.45, 7) is 0.675. The molecule has 0 fully saturated rings. The fourth-order valence-electron chi connectivity index (χ4n) is 2.36. The molecule has 1 aliphatic heterocycles. The van der Waals surface area contributed by atoms with Crippen LogP contribution in [0.25, 0.3) is 0 Å². The van der Waals surface area contributed by atoms with E-state index in [1.807, 2.05) is 30.3 Å². The van der Waals surface area contributed by atoms with Gasteiger partial charge in [0, 0.05) is 0 Å². The van der Waals surface area contributed by atoms with Gasteiger partial charge in [-0.05, 0) is 23.8 Å². The number of nitrogens with zero attached hydrogens (tertiary/aromatic N) is 1. The van der Waals surface area contributed by atoms with Gasteiger partial charge in [0.15, 0.2) is 0 Å². The highest BCUT2D eigenvalue weighted by molar-refractivity contribution is 7.89. The van der Waals surface area contributed by atoms with Crippen molar-refractivity contribution in [2.24, 2.45) is 10.1 Å². The molecule has 7 heteroatoms. The normalized spacial score (nSPS) is 15.4. The van der Waals surface area contributed by atoms with E-state index in [0.29, 0.717) is 30.1 Å². The molecule has 0 unspecified atom stereocenters. The fourth-order valence-corrected chi connectivity index (χ4v) is 3.45. The summed E-state index contributed by atoms with van der Waals surface area (Å²) in [5.41, 5.74) is 6.92. The quantitative estimate of drug-likeness (QED) is 0.842. The highest BCUT2D eigenvalue weighted by atomic mass is 32.2. The Labute approximate surface area is 134 Å². The lowest BCUT2D eigenvalue weighted by molar-refractivity contribution is 0.217. The van der Waals surface area contributed by atoms with Crippen LogP contribution >= 0.6 is 0 Å². The van der Waals surface area contributed by atoms with Crippen LogP contribution in [0.5, 0.6) is 11.5 Å². The van der Waals surface area contributed by atoms with Gasteiger partial charge >= 0.3 is 0 Å². The van der Waals surface area contributed by atoms with Crippen molar-refractivity contribution < 1.29 is 17.9 Å². The lowest BCUT2D eigenvalue weighted by Gasteiger charge is -2.18. The summed E-state index contributed by atoms with van der Waals surface area (Å²) in [6.07, 6.45) is 0. The third-order valence-electron chi connectivity index (χ3n) is 3.30. The number of benzene rings is 2. The number of rotatable bonds is 5. The lowest BCUT2D eigenvalue weighted by Crippen LogP contribution is -2.25. The van der Waals surface area contributed by atoms with Gasteiger partial charge in [0.05, 0.1) is 11.3 Å². The van der Waals surface area contributed by atoms with Crippen LogP contribution in [-0.2, 0) is 15.8 Å². The van der Waals surface area contributed by atoms with Gasteiger partial charge in [-0.1, -0.05) is 30.3 Å². The molecule has 0 bridgehead atoms. The molecular formula is C16H16N2O4S. The Kier molecular flexibility index (Phi) is 4.20. The first kappa shape index (κ1) is 15.4. The third-order valence-corrected chi connectivity index (χ3v) is 4.45. The molecule has 23 heavy (non-hydrogen) atoms. The van der Waals surface area contributed by atoms with Crippen LogP contribution in [0.1, 0.15) is 11.1 Å². The zero-order valence-electron chi connectivity index (χ0n) is 12.3. The Hall–Kier alpha value is -2.54. The number of hydrogen-bond acceptors (Lipinski definition) is 5. The van der Waals surface area contributed by atoms with Gasteiger partial charge in [0.2, 0.25) is 0 Å². The van der Waals surface area contributed by atoms with Crippen molar-refractivity contribution in [3.63, 3.8) is 0 Å². The molecule has 0 saturated heterocycles. The molecule has 120 valence electrons. The van der Waals surface area contributed by atoms with Crippen molar-refractivity contribution >= 4 is 15.9 Å². The standard InChI is InChI=1S/C16H16N2O4S/c17-16-15-12(11-23(19,20)18-16)5-4-8-14(15)22-10-9-21-13-6-2-1-3-7-13/h1-8H,9-11H2,(H2,17,18). The number of amidine groups is 1. The molecule has 2 N–H and O–H groups in total. The molecule has 6 nitrogen and oxygen atoms in total. The van der Waals surface area contributed by atoms with Crippen molar-refractivity contribution in [1.82, 2.24) is 0 Å². The zero-order chi connectivity index (χ0) is 16.3. The summed E-state index contributed by atoms with van der Waals surface area (Å²) in [5, 5.41) is 0. The fraction of sp³-hybridized carbons (Fsp3) is 0.188. The number of hydrogen-bond donors (Lipinski definition) is 1. The minimum atomic E-state index is -3.54. The molecule has 0 saturated carbocycles. The molecule has 0 aliphatic carbocycles. The summed E-state index contributed by atoms with van der Waals surface area (Å²) in [4.78, 5) is 0. The first-order valence-corrected chi connectivity index (χ1v) is 8.67. The molecule has 2 aromatic rings. The maximum Gasteiger partial charge on any atom is 0.259 e. The first-order chi connectivity index (χ1) is 11.1. The molecule has 0 atom stereocenters. The summed E-state index contributed by atoms with van der Waals surface area (Å²) >= 11 is 0. The predicted octanol–water partition coefficient (Wildman–Crippen LogP) is 1.69. The summed E-state index contributed by atoms with van der Waals surface area (Å²) in [6, 6.07) is 14.6. The van der Waals surface area contributed by atoms with Gasteiger partial charge in [-0.3, -0.25) is 0 Å². The van der Waals surface area contributed by atoms with Crippen molar-refractivity contribution in [3.05, 3.63) is 59.7 Å². The smallest absolute Gasteiger partial charge is 0.259 e. The number of para-hydroxylation sites is 1. The van der Waals surface area contributed by atoms with Gasteiger partial charge in [-0.2, -0.15) is 0 Å². The molecule has 2 aromatic carbocycles. The average molecular weight is 332 g/mol. The third kappa shape index (κ3) is 3.62. The largest absolute Gasteiger partial charge is 0.490 e. The molecule has 1 heterocycles. The van der Waals surface area contributed by atoms with Gasteiger partial charge in [0.25, 0.3) is 10.0 Å². The number of fused-ring (bicyclic) bond motifs is 1. The second kappa shape index (κ2) is 6.29. The minimum Gasteiger partial charge on any atom is -0.490 e. The van der Waals surface area contributed by atoms with E-state index in [1.54, 1.807) is 18.2 Å². The van der Waals surface area contributed by atoms with E-state index in [0.717, 1.165) is 5.75 Å². The predicted molar refractivity (Wildman–Crippen MR) is 87.2 cm³/mol. The Morgan fingerprint density at radius 3 is 2.52 bits per heavy atom. The summed E-state index contributed by atoms with van der Waals surface area (Å²) in [7, 11) is -3.54. The average Bonchev–Trinajstić information content (AvgIpc) is 2.51. The van der Waals surface area contributed by atoms with Crippen molar-refractivity contribution in [3.8, 4) is 11.5 Å². The molecule has 0 aromatic heterocycles. The topological polar surface area (TPSA) is 91.0 Å². The highest BCUT2D eigenvalue weighted by Gasteiger charge is 2.25. The van der Waals surface area contributed by atoms with Gasteiger partial charge in [-0.15, -0.1) is 4.40 Å². The van der Waals surface area contributed by atoms with Crippen LogP contribution in [0.15, 0.2) is 52.9 Å². The maximum absolute atomic E-state index is 11.6. The van der Waals surface area contributed by atoms with Crippen LogP contribution in [0.3, 0.4) is 0 Å². The van der Waals surface area contributed by atoms with Crippen LogP contribution in [0.4, 0.5) is 0 Å². The number of ether oxygens (including phenoxy) is 2. The van der Waals surface area contributed by atoms with E-state index < -0.39 is 10.0 Å². The number of sulfonamides is 1. The Morgan fingerprint density at radius 2 is 1.74 bits per heavy atom. The molecule has 0 spiro atoms. The van der Waals surface area contributed by atoms with Crippen molar-refractivity contribution in [1.29, 1.82) is 0 Å². The number of nitrogens with two attached hydrogens (primary N) is 1. The first-order valence-electron chi connectivity index (χ1n) is 7.06. The molecule has 0 radical (unpaired) electrons. The van der Waals surface area contributed by atoms with Gasteiger partial charge in [0.1, 0.15) is 30.5 Å². The SMILES string of the molecule is NC1=NS(=O)(=O)Cc2cccc(OCCOc3ccccc3)c21. The minimum absolute atomic E-state index is 0.0363. The second-order valence-electron chi connectivity index (χ2n) is 5.00. The van der Waals surface area contributed by atoms with E-state index in [-0.39, 0.29) is 11.6 Å². The second-order valence-corrected chi connectivity index (χ2v) is 6.64. The van der Waals surface area contributed by atoms with Gasteiger partial charge in [-0.25, -0.2) is 8.42 Å². The van der Waals surface area contributed by atoms with Crippen molar-refractivity contribution in [2.75, 3.05) is 13.2 Å². The molecular weight excluding hydrogens is 316 g/mol. The van der Waals surface area contributed by atoms with Crippen LogP contribution < -0.4 is 15.2 Å². The van der Waals surface area contributed by atoms with E-state index in [1.165, 1.54) is 0 Å². The lowest BCUT2D eigenvalue weighted by atomic mass is 10.1. The van der Waals surface area contributed by atoms with Crippen molar-refractivity contribution in [2.45, 2.75) is 5.75 Å². The van der Waals surface area contributed by atoms with Crippen LogP contribution in [0, 0.1) is 0 Å². The van der Waals surface area contributed by atoms with E-state index in [9.17, 15) is 8.42 Å².